The number of anilines is 1. The highest BCUT2D eigenvalue weighted by atomic mass is 35.5. The van der Waals surface area contributed by atoms with Gasteiger partial charge in [0.1, 0.15) is 29.7 Å². The molecule has 0 amide bonds. The molecule has 170 valence electrons. The molecule has 1 aromatic heterocycles. The fourth-order valence-electron chi connectivity index (χ4n) is 3.21. The lowest BCUT2D eigenvalue weighted by atomic mass is 10.1. The Hall–Kier alpha value is -3.71. The zero-order valence-corrected chi connectivity index (χ0v) is 18.7. The number of benzene rings is 3. The molecule has 8 heteroatoms. The molecule has 1 unspecified atom stereocenters. The highest BCUT2D eigenvalue weighted by molar-refractivity contribution is 6.30. The molecule has 4 aromatic rings. The summed E-state index contributed by atoms with van der Waals surface area (Å²) in [7, 11) is 1.89. The number of oxazole rings is 1. The normalized spacial score (nSPS) is 11.8. The standard InChI is InChI=1S/C25H23ClN2O5/c1-28(25-27-21-4-2-3-5-22(21)33-25)14-15-31-19-10-6-17(7-11-19)16-23(24(29)30)32-20-12-8-18(26)9-13-20/h2-13,23H,14-16H2,1H3,(H,29,30)/p-1. The SMILES string of the molecule is CN(CCOc1ccc(CC(Oc2ccc(Cl)cc2)C(=O)[O-])cc1)c1nc2ccccc2o1. The number of fused-ring (bicyclic) bond motifs is 1. The molecule has 3 aromatic carbocycles. The number of carbonyl (C=O) groups excluding carboxylic acids is 1. The van der Waals surface area contributed by atoms with Gasteiger partial charge < -0.3 is 28.7 Å². The van der Waals surface area contributed by atoms with E-state index in [1.54, 1.807) is 48.5 Å². The summed E-state index contributed by atoms with van der Waals surface area (Å²) in [5.41, 5.74) is 2.34. The third kappa shape index (κ3) is 5.96. The molecule has 1 heterocycles. The van der Waals surface area contributed by atoms with Gasteiger partial charge in [0, 0.05) is 18.5 Å². The van der Waals surface area contributed by atoms with E-state index in [9.17, 15) is 9.90 Å². The van der Waals surface area contributed by atoms with Crippen molar-refractivity contribution in [2.45, 2.75) is 12.5 Å². The zero-order chi connectivity index (χ0) is 23.2. The molecule has 4 rings (SSSR count). The Bertz CT molecular complexity index is 1170. The zero-order valence-electron chi connectivity index (χ0n) is 17.9. The van der Waals surface area contributed by atoms with E-state index in [-0.39, 0.29) is 6.42 Å². The van der Waals surface area contributed by atoms with Crippen LogP contribution in [0.1, 0.15) is 5.56 Å². The number of halogens is 1. The number of aliphatic carboxylic acids is 1. The minimum Gasteiger partial charge on any atom is -0.546 e. The van der Waals surface area contributed by atoms with E-state index in [1.165, 1.54) is 0 Å². The van der Waals surface area contributed by atoms with Crippen LogP contribution in [0.4, 0.5) is 6.01 Å². The molecular formula is C25H22ClN2O5-. The molecular weight excluding hydrogens is 444 g/mol. The second-order valence-corrected chi connectivity index (χ2v) is 7.90. The van der Waals surface area contributed by atoms with Gasteiger partial charge in [-0.25, -0.2) is 0 Å². The summed E-state index contributed by atoms with van der Waals surface area (Å²) in [5, 5.41) is 12.1. The maximum absolute atomic E-state index is 11.5. The van der Waals surface area contributed by atoms with E-state index in [0.717, 1.165) is 16.7 Å². The van der Waals surface area contributed by atoms with Gasteiger partial charge in [-0.15, -0.1) is 0 Å². The molecule has 0 fully saturated rings. The van der Waals surface area contributed by atoms with Crippen LogP contribution in [0, 0.1) is 0 Å². The predicted molar refractivity (Wildman–Crippen MR) is 124 cm³/mol. The summed E-state index contributed by atoms with van der Waals surface area (Å²) in [6.45, 7) is 1.01. The molecule has 0 N–H and O–H groups in total. The average molecular weight is 466 g/mol. The van der Waals surface area contributed by atoms with Crippen molar-refractivity contribution < 1.29 is 23.8 Å². The van der Waals surface area contributed by atoms with E-state index < -0.39 is 12.1 Å². The second kappa shape index (κ2) is 10.3. The number of rotatable bonds is 10. The first kappa shape index (κ1) is 22.5. The Labute approximate surface area is 196 Å². The highest BCUT2D eigenvalue weighted by Gasteiger charge is 2.14. The fourth-order valence-corrected chi connectivity index (χ4v) is 3.33. The van der Waals surface area contributed by atoms with Crippen LogP contribution in [-0.4, -0.2) is 37.3 Å². The first-order chi connectivity index (χ1) is 16.0. The number of carboxylic acid groups (broad SMARTS) is 1. The minimum absolute atomic E-state index is 0.158. The van der Waals surface area contributed by atoms with Gasteiger partial charge in [-0.3, -0.25) is 0 Å². The molecule has 1 atom stereocenters. The first-order valence-electron chi connectivity index (χ1n) is 10.4. The van der Waals surface area contributed by atoms with E-state index >= 15 is 0 Å². The Morgan fingerprint density at radius 3 is 2.45 bits per heavy atom. The van der Waals surface area contributed by atoms with Gasteiger partial charge in [0.25, 0.3) is 6.01 Å². The van der Waals surface area contributed by atoms with E-state index in [2.05, 4.69) is 4.98 Å². The summed E-state index contributed by atoms with van der Waals surface area (Å²) in [6.07, 6.45) is -0.964. The van der Waals surface area contributed by atoms with Gasteiger partial charge in [-0.05, 0) is 54.1 Å². The maximum Gasteiger partial charge on any atom is 0.298 e. The van der Waals surface area contributed by atoms with Crippen LogP contribution in [0.2, 0.25) is 5.02 Å². The summed E-state index contributed by atoms with van der Waals surface area (Å²) < 4.78 is 17.1. The third-order valence-electron chi connectivity index (χ3n) is 5.00. The van der Waals surface area contributed by atoms with Gasteiger partial charge >= 0.3 is 0 Å². The Morgan fingerprint density at radius 1 is 1.06 bits per heavy atom. The summed E-state index contributed by atoms with van der Waals surface area (Å²) in [4.78, 5) is 17.9. The molecule has 0 aliphatic carbocycles. The molecule has 0 aliphatic heterocycles. The van der Waals surface area contributed by atoms with Crippen LogP contribution in [0.25, 0.3) is 11.1 Å². The van der Waals surface area contributed by atoms with E-state index in [0.29, 0.717) is 35.7 Å². The number of likely N-dealkylation sites (N-methyl/N-ethyl adjacent to an activating group) is 1. The van der Waals surface area contributed by atoms with Crippen LogP contribution in [-0.2, 0) is 11.2 Å². The number of carbonyl (C=O) groups is 1. The molecule has 0 radical (unpaired) electrons. The lowest BCUT2D eigenvalue weighted by Gasteiger charge is -2.20. The summed E-state index contributed by atoms with van der Waals surface area (Å²) >= 11 is 5.85. The number of aromatic nitrogens is 1. The van der Waals surface area contributed by atoms with Crippen molar-refractivity contribution in [1.29, 1.82) is 0 Å². The molecule has 0 spiro atoms. The van der Waals surface area contributed by atoms with Crippen molar-refractivity contribution in [3.05, 3.63) is 83.4 Å². The second-order valence-electron chi connectivity index (χ2n) is 7.46. The lowest BCUT2D eigenvalue weighted by Crippen LogP contribution is -2.41. The van der Waals surface area contributed by atoms with Gasteiger partial charge in [-0.1, -0.05) is 35.9 Å². The van der Waals surface area contributed by atoms with Gasteiger partial charge in [0.05, 0.1) is 12.5 Å². The third-order valence-corrected chi connectivity index (χ3v) is 5.26. The van der Waals surface area contributed by atoms with Gasteiger partial charge in [0.2, 0.25) is 0 Å². The monoisotopic (exact) mass is 465 g/mol. The van der Waals surface area contributed by atoms with Crippen molar-refractivity contribution in [1.82, 2.24) is 4.98 Å². The summed E-state index contributed by atoms with van der Waals surface area (Å²) in [6, 6.07) is 21.8. The molecule has 33 heavy (non-hydrogen) atoms. The van der Waals surface area contributed by atoms with Crippen LogP contribution < -0.4 is 19.5 Å². The largest absolute Gasteiger partial charge is 0.546 e. The number of nitrogens with zero attached hydrogens (tertiary/aromatic N) is 2. The van der Waals surface area contributed by atoms with Crippen molar-refractivity contribution in [3.63, 3.8) is 0 Å². The Balaban J connectivity index is 1.29. The van der Waals surface area contributed by atoms with Crippen LogP contribution in [0.15, 0.2) is 77.2 Å². The predicted octanol–water partition coefficient (Wildman–Crippen LogP) is 3.74. The van der Waals surface area contributed by atoms with E-state index in [4.69, 9.17) is 25.5 Å². The first-order valence-corrected chi connectivity index (χ1v) is 10.8. The summed E-state index contributed by atoms with van der Waals surface area (Å²) in [5.74, 6) is -0.197. The number of hydrogen-bond donors (Lipinski definition) is 0. The average Bonchev–Trinajstić information content (AvgIpc) is 3.25. The molecule has 0 aliphatic rings. The maximum atomic E-state index is 11.5. The van der Waals surface area contributed by atoms with Crippen molar-refractivity contribution in [2.24, 2.45) is 0 Å². The molecule has 7 nitrogen and oxygen atoms in total. The quantitative estimate of drug-likeness (QED) is 0.352. The number of carboxylic acids is 1. The van der Waals surface area contributed by atoms with Crippen molar-refractivity contribution in [2.75, 3.05) is 25.1 Å². The number of hydrogen-bond acceptors (Lipinski definition) is 7. The molecule has 0 bridgehead atoms. The number of ether oxygens (including phenoxy) is 2. The van der Waals surface area contributed by atoms with Crippen molar-refractivity contribution in [3.8, 4) is 11.5 Å². The number of para-hydroxylation sites is 2. The Morgan fingerprint density at radius 2 is 1.76 bits per heavy atom. The fraction of sp³-hybridized carbons (Fsp3) is 0.200. The smallest absolute Gasteiger partial charge is 0.298 e. The van der Waals surface area contributed by atoms with Crippen molar-refractivity contribution >= 4 is 34.7 Å². The van der Waals surface area contributed by atoms with Gasteiger partial charge in [0.15, 0.2) is 5.58 Å². The van der Waals surface area contributed by atoms with Crippen LogP contribution in [0.5, 0.6) is 11.5 Å². The van der Waals surface area contributed by atoms with Crippen LogP contribution in [0.3, 0.4) is 0 Å². The van der Waals surface area contributed by atoms with E-state index in [1.807, 2.05) is 36.2 Å². The lowest BCUT2D eigenvalue weighted by molar-refractivity contribution is -0.313. The topological polar surface area (TPSA) is 87.9 Å². The molecule has 0 saturated carbocycles. The van der Waals surface area contributed by atoms with Crippen LogP contribution >= 0.6 is 11.6 Å². The minimum atomic E-state index is -1.28. The van der Waals surface area contributed by atoms with Gasteiger partial charge in [-0.2, -0.15) is 4.98 Å². The molecule has 0 saturated heterocycles. The highest BCUT2D eigenvalue weighted by Crippen LogP contribution is 2.21. The Kier molecular flexibility index (Phi) is 7.00.